The van der Waals surface area contributed by atoms with E-state index in [9.17, 15) is 13.2 Å². The first kappa shape index (κ1) is 14.2. The van der Waals surface area contributed by atoms with Crippen LogP contribution in [0.25, 0.3) is 0 Å². The second-order valence-corrected chi connectivity index (χ2v) is 5.67. The van der Waals surface area contributed by atoms with Crippen LogP contribution in [-0.4, -0.2) is 29.1 Å². The number of aromatic nitrogens is 3. The molecule has 1 unspecified atom stereocenters. The number of amides is 1. The average Bonchev–Trinajstić information content (AvgIpc) is 2.91. The zero-order chi connectivity index (χ0) is 14.8. The van der Waals surface area contributed by atoms with Gasteiger partial charge in [0.2, 0.25) is 15.9 Å². The smallest absolute Gasteiger partial charge is 0.249 e. The Balaban J connectivity index is 2.09. The summed E-state index contributed by atoms with van der Waals surface area (Å²) < 4.78 is 23.6. The van der Waals surface area contributed by atoms with E-state index in [0.29, 0.717) is 5.69 Å². The highest BCUT2D eigenvalue weighted by atomic mass is 32.2. The fourth-order valence-electron chi connectivity index (χ4n) is 1.51. The van der Waals surface area contributed by atoms with E-state index in [4.69, 9.17) is 5.14 Å². The van der Waals surface area contributed by atoms with Crippen molar-refractivity contribution in [1.82, 2.24) is 14.8 Å². The summed E-state index contributed by atoms with van der Waals surface area (Å²) in [6, 6.07) is 5.04. The molecule has 0 aliphatic carbocycles. The lowest BCUT2D eigenvalue weighted by Crippen LogP contribution is -2.24. The number of primary sulfonamides is 1. The molecule has 1 aromatic heterocycles. The SMILES string of the molecule is CC(C(=O)Nc1ccc(S(N)(=O)=O)cc1)n1cncn1. The first-order chi connectivity index (χ1) is 9.38. The first-order valence-corrected chi connectivity index (χ1v) is 7.20. The Morgan fingerprint density at radius 1 is 1.35 bits per heavy atom. The number of benzene rings is 1. The maximum Gasteiger partial charge on any atom is 0.249 e. The maximum absolute atomic E-state index is 12.0. The minimum absolute atomic E-state index is 0.0141. The third-order valence-electron chi connectivity index (χ3n) is 2.66. The van der Waals surface area contributed by atoms with Crippen molar-refractivity contribution in [2.45, 2.75) is 17.9 Å². The van der Waals surface area contributed by atoms with Gasteiger partial charge in [-0.15, -0.1) is 0 Å². The summed E-state index contributed by atoms with van der Waals surface area (Å²) in [6.07, 6.45) is 2.78. The molecule has 20 heavy (non-hydrogen) atoms. The number of hydrogen-bond acceptors (Lipinski definition) is 5. The Morgan fingerprint density at radius 2 is 2.00 bits per heavy atom. The molecule has 1 atom stereocenters. The van der Waals surface area contributed by atoms with Gasteiger partial charge in [0.05, 0.1) is 4.90 Å². The lowest BCUT2D eigenvalue weighted by Gasteiger charge is -2.12. The average molecular weight is 295 g/mol. The van der Waals surface area contributed by atoms with E-state index in [1.807, 2.05) is 0 Å². The summed E-state index contributed by atoms with van der Waals surface area (Å²) >= 11 is 0. The van der Waals surface area contributed by atoms with E-state index in [-0.39, 0.29) is 10.8 Å². The van der Waals surface area contributed by atoms with Crippen molar-refractivity contribution in [3.05, 3.63) is 36.9 Å². The molecule has 0 spiro atoms. The summed E-state index contributed by atoms with van der Waals surface area (Å²) in [4.78, 5) is 15.7. The molecule has 0 fully saturated rings. The molecule has 0 saturated carbocycles. The van der Waals surface area contributed by atoms with Crippen LogP contribution in [0.2, 0.25) is 0 Å². The molecular formula is C11H13N5O3S. The number of nitrogens with two attached hydrogens (primary N) is 1. The molecular weight excluding hydrogens is 282 g/mol. The Morgan fingerprint density at radius 3 is 2.50 bits per heavy atom. The molecule has 1 aromatic carbocycles. The fourth-order valence-corrected chi connectivity index (χ4v) is 2.03. The van der Waals surface area contributed by atoms with Crippen LogP contribution in [0.4, 0.5) is 5.69 Å². The molecule has 2 rings (SSSR count). The van der Waals surface area contributed by atoms with Crippen LogP contribution in [0.3, 0.4) is 0 Å². The van der Waals surface area contributed by atoms with Crippen LogP contribution < -0.4 is 10.5 Å². The van der Waals surface area contributed by atoms with Gasteiger partial charge in [-0.25, -0.2) is 23.2 Å². The third-order valence-corrected chi connectivity index (χ3v) is 3.59. The summed E-state index contributed by atoms with van der Waals surface area (Å²) in [5.41, 5.74) is 0.467. The molecule has 8 nitrogen and oxygen atoms in total. The fraction of sp³-hybridized carbons (Fsp3) is 0.182. The summed E-state index contributed by atoms with van der Waals surface area (Å²) in [5.74, 6) is -0.293. The van der Waals surface area contributed by atoms with Crippen LogP contribution >= 0.6 is 0 Å². The molecule has 0 aliphatic heterocycles. The highest BCUT2D eigenvalue weighted by Crippen LogP contribution is 2.14. The molecule has 9 heteroatoms. The number of nitrogens with zero attached hydrogens (tertiary/aromatic N) is 3. The second-order valence-electron chi connectivity index (χ2n) is 4.11. The number of carbonyl (C=O) groups excluding carboxylic acids is 1. The predicted molar refractivity (Wildman–Crippen MR) is 71.2 cm³/mol. The number of sulfonamides is 1. The Hall–Kier alpha value is -2.26. The van der Waals surface area contributed by atoms with Gasteiger partial charge in [0.15, 0.2) is 0 Å². The highest BCUT2D eigenvalue weighted by molar-refractivity contribution is 7.89. The molecule has 0 bridgehead atoms. The zero-order valence-electron chi connectivity index (χ0n) is 10.6. The van der Waals surface area contributed by atoms with Gasteiger partial charge in [0.25, 0.3) is 0 Å². The van der Waals surface area contributed by atoms with Gasteiger partial charge >= 0.3 is 0 Å². The standard InChI is InChI=1S/C11H13N5O3S/c1-8(16-7-13-6-14-16)11(17)15-9-2-4-10(5-3-9)20(12,18)19/h2-8H,1H3,(H,15,17)(H2,12,18,19). The monoisotopic (exact) mass is 295 g/mol. The molecule has 106 valence electrons. The number of hydrogen-bond donors (Lipinski definition) is 2. The summed E-state index contributed by atoms with van der Waals surface area (Å²) in [7, 11) is -3.73. The summed E-state index contributed by atoms with van der Waals surface area (Å²) in [6.45, 7) is 1.67. The molecule has 0 aliphatic rings. The van der Waals surface area contributed by atoms with Gasteiger partial charge < -0.3 is 5.32 Å². The van der Waals surface area contributed by atoms with E-state index in [1.165, 1.54) is 41.6 Å². The third kappa shape index (κ3) is 3.19. The highest BCUT2D eigenvalue weighted by Gasteiger charge is 2.15. The van der Waals surface area contributed by atoms with Crippen LogP contribution in [0.5, 0.6) is 0 Å². The number of rotatable bonds is 4. The normalized spacial score (nSPS) is 12.9. The van der Waals surface area contributed by atoms with E-state index >= 15 is 0 Å². The molecule has 0 saturated heterocycles. The minimum atomic E-state index is -3.73. The molecule has 1 amide bonds. The molecule has 0 radical (unpaired) electrons. The van der Waals surface area contributed by atoms with Gasteiger partial charge in [0.1, 0.15) is 18.7 Å². The molecule has 2 aromatic rings. The van der Waals surface area contributed by atoms with Gasteiger partial charge in [-0.05, 0) is 31.2 Å². The maximum atomic E-state index is 12.0. The topological polar surface area (TPSA) is 120 Å². The van der Waals surface area contributed by atoms with Gasteiger partial charge in [-0.2, -0.15) is 5.10 Å². The van der Waals surface area contributed by atoms with Gasteiger partial charge in [0, 0.05) is 5.69 Å². The molecule has 1 heterocycles. The molecule has 3 N–H and O–H groups in total. The largest absolute Gasteiger partial charge is 0.324 e. The van der Waals surface area contributed by atoms with Crippen molar-refractivity contribution in [2.24, 2.45) is 5.14 Å². The van der Waals surface area contributed by atoms with Crippen LogP contribution in [0.15, 0.2) is 41.8 Å². The van der Waals surface area contributed by atoms with E-state index < -0.39 is 16.1 Å². The van der Waals surface area contributed by atoms with E-state index in [0.717, 1.165) is 0 Å². The van der Waals surface area contributed by atoms with E-state index in [1.54, 1.807) is 6.92 Å². The quantitative estimate of drug-likeness (QED) is 0.830. The van der Waals surface area contributed by atoms with Gasteiger partial charge in [-0.3, -0.25) is 4.79 Å². The van der Waals surface area contributed by atoms with Gasteiger partial charge in [-0.1, -0.05) is 0 Å². The van der Waals surface area contributed by atoms with Crippen LogP contribution in [0.1, 0.15) is 13.0 Å². The Labute approximate surface area is 115 Å². The van der Waals surface area contributed by atoms with Crippen LogP contribution in [0, 0.1) is 0 Å². The first-order valence-electron chi connectivity index (χ1n) is 5.66. The Kier molecular flexibility index (Phi) is 3.81. The lowest BCUT2D eigenvalue weighted by molar-refractivity contribution is -0.119. The van der Waals surface area contributed by atoms with Crippen molar-refractivity contribution in [3.63, 3.8) is 0 Å². The summed E-state index contributed by atoms with van der Waals surface area (Å²) in [5, 5.41) is 11.5. The lowest BCUT2D eigenvalue weighted by atomic mass is 10.3. The number of carbonyl (C=O) groups is 1. The van der Waals surface area contributed by atoms with Crippen molar-refractivity contribution >= 4 is 21.6 Å². The zero-order valence-corrected chi connectivity index (χ0v) is 11.4. The van der Waals surface area contributed by atoms with E-state index in [2.05, 4.69) is 15.4 Å². The second kappa shape index (κ2) is 5.39. The van der Waals surface area contributed by atoms with Crippen molar-refractivity contribution in [2.75, 3.05) is 5.32 Å². The van der Waals surface area contributed by atoms with Crippen molar-refractivity contribution in [3.8, 4) is 0 Å². The van der Waals surface area contributed by atoms with Crippen LogP contribution in [-0.2, 0) is 14.8 Å². The van der Waals surface area contributed by atoms with Crippen molar-refractivity contribution in [1.29, 1.82) is 0 Å². The minimum Gasteiger partial charge on any atom is -0.324 e. The Bertz CT molecular complexity index is 694. The van der Waals surface area contributed by atoms with Crippen molar-refractivity contribution < 1.29 is 13.2 Å². The number of nitrogens with one attached hydrogen (secondary N) is 1. The number of anilines is 1. The predicted octanol–water partition coefficient (Wildman–Crippen LogP) is 0.125.